The van der Waals surface area contributed by atoms with E-state index in [2.05, 4.69) is 25.7 Å². The number of carbonyl (C=O) groups excluding carboxylic acids is 1. The molecule has 0 saturated carbocycles. The van der Waals surface area contributed by atoms with Crippen molar-refractivity contribution in [1.82, 2.24) is 15.1 Å². The normalized spacial score (nSPS) is 14.3. The molecular weight excluding hydrogens is 316 g/mol. The lowest BCUT2D eigenvalue weighted by Crippen LogP contribution is -2.50. The van der Waals surface area contributed by atoms with Gasteiger partial charge in [-0.1, -0.05) is 17.7 Å². The summed E-state index contributed by atoms with van der Waals surface area (Å²) in [4.78, 5) is 16.4. The molecule has 0 bridgehead atoms. The van der Waals surface area contributed by atoms with Crippen molar-refractivity contribution in [3.63, 3.8) is 0 Å². The largest absolute Gasteiger partial charge is 0.369 e. The van der Waals surface area contributed by atoms with Crippen LogP contribution in [0, 0.1) is 6.92 Å². The van der Waals surface area contributed by atoms with Gasteiger partial charge < -0.3 is 20.4 Å². The molecule has 7 heteroatoms. The Labute approximate surface area is 148 Å². The van der Waals surface area contributed by atoms with Gasteiger partial charge in [0, 0.05) is 38.4 Å². The van der Waals surface area contributed by atoms with Gasteiger partial charge in [0.1, 0.15) is 5.82 Å². The lowest BCUT2D eigenvalue weighted by atomic mass is 10.2. The number of benzene rings is 1. The summed E-state index contributed by atoms with van der Waals surface area (Å²) in [5.74, 6) is 1.63. The van der Waals surface area contributed by atoms with Crippen molar-refractivity contribution < 1.29 is 4.79 Å². The molecule has 1 aromatic heterocycles. The molecular formula is C18H24N6O. The molecule has 25 heavy (non-hydrogen) atoms. The Hall–Kier alpha value is -2.83. The molecule has 2 heterocycles. The van der Waals surface area contributed by atoms with Gasteiger partial charge >= 0.3 is 6.03 Å². The maximum absolute atomic E-state index is 12.4. The highest BCUT2D eigenvalue weighted by Crippen LogP contribution is 2.15. The van der Waals surface area contributed by atoms with Gasteiger partial charge in [-0.05, 0) is 38.1 Å². The maximum atomic E-state index is 12.4. The molecule has 1 fully saturated rings. The van der Waals surface area contributed by atoms with Crippen LogP contribution in [0.5, 0.6) is 0 Å². The van der Waals surface area contributed by atoms with Crippen LogP contribution in [0.4, 0.5) is 22.1 Å². The summed E-state index contributed by atoms with van der Waals surface area (Å²) >= 11 is 0. The molecule has 0 radical (unpaired) electrons. The topological polar surface area (TPSA) is 73.4 Å². The van der Waals surface area contributed by atoms with Crippen LogP contribution in [0.25, 0.3) is 0 Å². The van der Waals surface area contributed by atoms with E-state index in [0.29, 0.717) is 13.1 Å². The number of amides is 2. The van der Waals surface area contributed by atoms with E-state index in [1.54, 1.807) is 0 Å². The number of carbonyl (C=O) groups is 1. The lowest BCUT2D eigenvalue weighted by molar-refractivity contribution is 0.208. The van der Waals surface area contributed by atoms with Gasteiger partial charge in [0.25, 0.3) is 0 Å². The zero-order valence-electron chi connectivity index (χ0n) is 14.7. The minimum absolute atomic E-state index is 0.0583. The van der Waals surface area contributed by atoms with Gasteiger partial charge in [-0.2, -0.15) is 0 Å². The Morgan fingerprint density at radius 3 is 2.36 bits per heavy atom. The quantitative estimate of drug-likeness (QED) is 0.895. The predicted octanol–water partition coefficient (Wildman–Crippen LogP) is 2.57. The van der Waals surface area contributed by atoms with Crippen LogP contribution in [0.15, 0.2) is 36.4 Å². The highest BCUT2D eigenvalue weighted by atomic mass is 16.2. The average Bonchev–Trinajstić information content (AvgIpc) is 2.65. The number of hydrogen-bond donors (Lipinski definition) is 2. The summed E-state index contributed by atoms with van der Waals surface area (Å²) in [6, 6.07) is 11.7. The number of nitrogens with one attached hydrogen (secondary N) is 2. The Kier molecular flexibility index (Phi) is 5.33. The first-order chi connectivity index (χ1) is 12.2. The predicted molar refractivity (Wildman–Crippen MR) is 100 cm³/mol. The number of aromatic nitrogens is 2. The molecule has 1 saturated heterocycles. The molecule has 132 valence electrons. The van der Waals surface area contributed by atoms with Gasteiger partial charge in [0.2, 0.25) is 0 Å². The Bertz CT molecular complexity index is 693. The van der Waals surface area contributed by atoms with E-state index in [1.807, 2.05) is 55.1 Å². The zero-order chi connectivity index (χ0) is 17.6. The molecule has 2 amide bonds. The molecule has 1 aliphatic rings. The minimum Gasteiger partial charge on any atom is -0.369 e. The highest BCUT2D eigenvalue weighted by Gasteiger charge is 2.22. The molecule has 7 nitrogen and oxygen atoms in total. The van der Waals surface area contributed by atoms with Crippen LogP contribution < -0.4 is 15.5 Å². The van der Waals surface area contributed by atoms with E-state index < -0.39 is 0 Å². The smallest absolute Gasteiger partial charge is 0.321 e. The van der Waals surface area contributed by atoms with E-state index >= 15 is 0 Å². The van der Waals surface area contributed by atoms with Gasteiger partial charge in [0.15, 0.2) is 5.82 Å². The first-order valence-electron chi connectivity index (χ1n) is 8.61. The summed E-state index contributed by atoms with van der Waals surface area (Å²) in [5.41, 5.74) is 2.00. The maximum Gasteiger partial charge on any atom is 0.321 e. The molecule has 2 aromatic rings. The van der Waals surface area contributed by atoms with Crippen LogP contribution in [-0.4, -0.2) is 53.9 Å². The number of urea groups is 1. The van der Waals surface area contributed by atoms with Gasteiger partial charge in [-0.3, -0.25) is 0 Å². The van der Waals surface area contributed by atoms with Crippen LogP contribution in [0.1, 0.15) is 12.5 Å². The van der Waals surface area contributed by atoms with Crippen LogP contribution in [0.2, 0.25) is 0 Å². The minimum atomic E-state index is -0.0583. The molecule has 3 rings (SSSR count). The third kappa shape index (κ3) is 4.37. The lowest BCUT2D eigenvalue weighted by Gasteiger charge is -2.35. The van der Waals surface area contributed by atoms with Crippen molar-refractivity contribution in [3.8, 4) is 0 Å². The fourth-order valence-corrected chi connectivity index (χ4v) is 2.75. The van der Waals surface area contributed by atoms with Gasteiger partial charge in [-0.15, -0.1) is 10.2 Å². The first kappa shape index (κ1) is 17.0. The second-order valence-electron chi connectivity index (χ2n) is 6.08. The zero-order valence-corrected chi connectivity index (χ0v) is 14.7. The van der Waals surface area contributed by atoms with E-state index in [1.165, 1.54) is 5.56 Å². The second kappa shape index (κ2) is 7.83. The SMILES string of the molecule is CCNc1ccc(N2CCN(C(=O)Nc3ccc(C)cc3)CC2)nn1. The first-order valence-corrected chi connectivity index (χ1v) is 8.61. The summed E-state index contributed by atoms with van der Waals surface area (Å²) in [7, 11) is 0. The van der Waals surface area contributed by atoms with Crippen LogP contribution in [-0.2, 0) is 0 Å². The van der Waals surface area contributed by atoms with Crippen molar-refractivity contribution in [3.05, 3.63) is 42.0 Å². The summed E-state index contributed by atoms with van der Waals surface area (Å²) in [6.45, 7) is 7.69. The molecule has 0 aliphatic carbocycles. The van der Waals surface area contributed by atoms with Crippen molar-refractivity contribution in [2.24, 2.45) is 0 Å². The van der Waals surface area contributed by atoms with E-state index in [4.69, 9.17) is 0 Å². The molecule has 0 atom stereocenters. The standard InChI is InChI=1S/C18H24N6O/c1-3-19-16-8-9-17(22-21-16)23-10-12-24(13-11-23)18(25)20-15-6-4-14(2)5-7-15/h4-9H,3,10-13H2,1-2H3,(H,19,21)(H,20,25). The van der Waals surface area contributed by atoms with Crippen molar-refractivity contribution in [1.29, 1.82) is 0 Å². The van der Waals surface area contributed by atoms with Gasteiger partial charge in [0.05, 0.1) is 0 Å². The Morgan fingerprint density at radius 2 is 1.76 bits per heavy atom. The van der Waals surface area contributed by atoms with Crippen LogP contribution >= 0.6 is 0 Å². The highest BCUT2D eigenvalue weighted by molar-refractivity contribution is 5.89. The molecule has 0 unspecified atom stereocenters. The van der Waals surface area contributed by atoms with Crippen molar-refractivity contribution in [2.75, 3.05) is 48.3 Å². The number of nitrogens with zero attached hydrogens (tertiary/aromatic N) is 4. The number of aryl methyl sites for hydroxylation is 1. The van der Waals surface area contributed by atoms with Crippen molar-refractivity contribution in [2.45, 2.75) is 13.8 Å². The summed E-state index contributed by atoms with van der Waals surface area (Å²) < 4.78 is 0. The van der Waals surface area contributed by atoms with E-state index in [9.17, 15) is 4.79 Å². The molecule has 2 N–H and O–H groups in total. The van der Waals surface area contributed by atoms with Crippen molar-refractivity contribution >= 4 is 23.4 Å². The second-order valence-corrected chi connectivity index (χ2v) is 6.08. The van der Waals surface area contributed by atoms with Crippen LogP contribution in [0.3, 0.4) is 0 Å². The third-order valence-electron chi connectivity index (χ3n) is 4.20. The number of anilines is 3. The Morgan fingerprint density at radius 1 is 1.04 bits per heavy atom. The molecule has 1 aromatic carbocycles. The Balaban J connectivity index is 1.52. The van der Waals surface area contributed by atoms with Gasteiger partial charge in [-0.25, -0.2) is 4.79 Å². The summed E-state index contributed by atoms with van der Waals surface area (Å²) in [5, 5.41) is 14.5. The fraction of sp³-hybridized carbons (Fsp3) is 0.389. The number of hydrogen-bond acceptors (Lipinski definition) is 5. The number of piperazine rings is 1. The van der Waals surface area contributed by atoms with E-state index in [-0.39, 0.29) is 6.03 Å². The van der Waals surface area contributed by atoms with E-state index in [0.717, 1.165) is 37.0 Å². The fourth-order valence-electron chi connectivity index (χ4n) is 2.75. The third-order valence-corrected chi connectivity index (χ3v) is 4.20. The molecule has 1 aliphatic heterocycles. The average molecular weight is 340 g/mol. The summed E-state index contributed by atoms with van der Waals surface area (Å²) in [6.07, 6.45) is 0. The monoisotopic (exact) mass is 340 g/mol. The number of rotatable bonds is 4. The molecule has 0 spiro atoms.